The maximum Gasteiger partial charge on any atom is 0.306 e. The third-order valence-electron chi connectivity index (χ3n) is 5.13. The number of anilines is 1. The Balaban J connectivity index is 1.89. The molecule has 4 rings (SSSR count). The van der Waals surface area contributed by atoms with Gasteiger partial charge >= 0.3 is 5.88 Å². The highest BCUT2D eigenvalue weighted by Crippen LogP contribution is 2.48. The topological polar surface area (TPSA) is 75.5 Å². The zero-order valence-corrected chi connectivity index (χ0v) is 16.4. The largest absolute Gasteiger partial charge is 0.508 e. The molecule has 0 unspecified atom stereocenters. The molecule has 1 aliphatic rings. The molecule has 0 saturated carbocycles. The fourth-order valence-corrected chi connectivity index (χ4v) is 3.57. The van der Waals surface area contributed by atoms with Crippen LogP contribution in [0.3, 0.4) is 0 Å². The fraction of sp³-hybridized carbons (Fsp3) is 0.273. The van der Waals surface area contributed by atoms with Gasteiger partial charge in [0.1, 0.15) is 17.1 Å². The number of phenols is 1. The summed E-state index contributed by atoms with van der Waals surface area (Å²) in [4.78, 5) is 6.65. The van der Waals surface area contributed by atoms with Gasteiger partial charge in [-0.05, 0) is 32.6 Å². The second kappa shape index (κ2) is 7.13. The minimum absolute atomic E-state index is 0.112. The van der Waals surface area contributed by atoms with Gasteiger partial charge < -0.3 is 20.5 Å². The van der Waals surface area contributed by atoms with Crippen molar-refractivity contribution in [2.75, 3.05) is 26.4 Å². The van der Waals surface area contributed by atoms with Crippen LogP contribution in [0, 0.1) is 6.92 Å². The quantitative estimate of drug-likeness (QED) is 0.535. The number of benzene rings is 2. The molecule has 0 amide bonds. The zero-order chi connectivity index (χ0) is 19.8. The molecule has 2 aromatic carbocycles. The van der Waals surface area contributed by atoms with Crippen LogP contribution in [0.5, 0.6) is 17.4 Å². The number of phenolic OH excluding ortho intramolecular Hbond substituents is 1. The average Bonchev–Trinajstić information content (AvgIpc) is 2.66. The molecule has 1 aromatic heterocycles. The number of fused-ring (bicyclic) bond motifs is 2. The monoisotopic (exact) mass is 377 g/mol. The van der Waals surface area contributed by atoms with Gasteiger partial charge in [0, 0.05) is 18.2 Å². The van der Waals surface area contributed by atoms with Gasteiger partial charge in [-0.15, -0.1) is 0 Å². The minimum atomic E-state index is -0.112. The molecule has 6 heteroatoms. The van der Waals surface area contributed by atoms with E-state index in [1.807, 2.05) is 24.7 Å². The first kappa shape index (κ1) is 18.3. The summed E-state index contributed by atoms with van der Waals surface area (Å²) in [6, 6.07) is 13.6. The Morgan fingerprint density at radius 3 is 2.64 bits per heavy atom. The van der Waals surface area contributed by atoms with E-state index in [1.165, 1.54) is 5.56 Å². The molecule has 144 valence electrons. The third kappa shape index (κ3) is 3.27. The van der Waals surface area contributed by atoms with Crippen molar-refractivity contribution >= 4 is 5.82 Å². The van der Waals surface area contributed by atoms with Crippen molar-refractivity contribution in [2.45, 2.75) is 19.4 Å². The Morgan fingerprint density at radius 2 is 1.93 bits per heavy atom. The van der Waals surface area contributed by atoms with Crippen molar-refractivity contribution in [1.82, 2.24) is 9.88 Å². The zero-order valence-electron chi connectivity index (χ0n) is 16.4. The first-order chi connectivity index (χ1) is 13.4. The average molecular weight is 377 g/mol. The van der Waals surface area contributed by atoms with E-state index in [2.05, 4.69) is 41.1 Å². The van der Waals surface area contributed by atoms with E-state index in [1.54, 1.807) is 18.5 Å². The van der Waals surface area contributed by atoms with E-state index in [0.29, 0.717) is 17.4 Å². The second-order valence-electron chi connectivity index (χ2n) is 7.51. The first-order valence-electron chi connectivity index (χ1n) is 9.34. The highest BCUT2D eigenvalue weighted by molar-refractivity contribution is 5.62. The van der Waals surface area contributed by atoms with E-state index < -0.39 is 0 Å². The summed E-state index contributed by atoms with van der Waals surface area (Å²) >= 11 is 0. The fourth-order valence-electron chi connectivity index (χ4n) is 3.57. The SMILES string of the molecule is Cc1ccc([C@@H]2c3ccc(O)cc3Oc3nc[n+](CCN(C)C)c(N)c32)cc1. The van der Waals surface area contributed by atoms with Crippen molar-refractivity contribution in [3.05, 3.63) is 71.0 Å². The summed E-state index contributed by atoms with van der Waals surface area (Å²) in [5.41, 5.74) is 10.7. The van der Waals surface area contributed by atoms with Gasteiger partial charge in [0.15, 0.2) is 0 Å². The number of aromatic nitrogens is 2. The molecule has 0 fully saturated rings. The lowest BCUT2D eigenvalue weighted by atomic mass is 9.83. The number of rotatable bonds is 4. The Labute approximate surface area is 164 Å². The Bertz CT molecular complexity index is 1020. The van der Waals surface area contributed by atoms with Crippen LogP contribution in [0.4, 0.5) is 5.82 Å². The number of nitrogens with two attached hydrogens (primary N) is 1. The van der Waals surface area contributed by atoms with E-state index in [9.17, 15) is 5.11 Å². The number of hydrogen-bond donors (Lipinski definition) is 2. The van der Waals surface area contributed by atoms with Gasteiger partial charge in [-0.1, -0.05) is 40.9 Å². The maximum absolute atomic E-state index is 9.92. The number of aromatic hydroxyl groups is 1. The predicted molar refractivity (Wildman–Crippen MR) is 108 cm³/mol. The molecule has 1 atom stereocenters. The van der Waals surface area contributed by atoms with Crippen LogP contribution in [0.2, 0.25) is 0 Å². The van der Waals surface area contributed by atoms with E-state index in [-0.39, 0.29) is 11.7 Å². The second-order valence-corrected chi connectivity index (χ2v) is 7.51. The number of hydrogen-bond acceptors (Lipinski definition) is 5. The number of nitrogens with zero attached hydrogens (tertiary/aromatic N) is 3. The van der Waals surface area contributed by atoms with Gasteiger partial charge in [0.2, 0.25) is 12.1 Å². The summed E-state index contributed by atoms with van der Waals surface area (Å²) in [6.07, 6.45) is 1.72. The number of ether oxygens (including phenoxy) is 1. The molecule has 3 aromatic rings. The molecule has 28 heavy (non-hydrogen) atoms. The summed E-state index contributed by atoms with van der Waals surface area (Å²) in [5, 5.41) is 9.92. The lowest BCUT2D eigenvalue weighted by Crippen LogP contribution is -2.43. The third-order valence-corrected chi connectivity index (χ3v) is 5.13. The van der Waals surface area contributed by atoms with Crippen LogP contribution in [0.25, 0.3) is 0 Å². The summed E-state index contributed by atoms with van der Waals surface area (Å²) in [7, 11) is 4.06. The highest BCUT2D eigenvalue weighted by atomic mass is 16.5. The molecule has 0 saturated heterocycles. The van der Waals surface area contributed by atoms with Gasteiger partial charge in [-0.2, -0.15) is 0 Å². The minimum Gasteiger partial charge on any atom is -0.508 e. The van der Waals surface area contributed by atoms with Crippen molar-refractivity contribution in [3.63, 3.8) is 0 Å². The molecule has 1 aliphatic heterocycles. The Morgan fingerprint density at radius 1 is 1.18 bits per heavy atom. The van der Waals surface area contributed by atoms with Crippen molar-refractivity contribution < 1.29 is 14.4 Å². The number of likely N-dealkylation sites (N-methyl/N-ethyl adjacent to an activating group) is 1. The summed E-state index contributed by atoms with van der Waals surface area (Å²) in [5.74, 6) is 1.79. The molecular weight excluding hydrogens is 352 g/mol. The number of aryl methyl sites for hydroxylation is 1. The molecule has 6 nitrogen and oxygen atoms in total. The van der Waals surface area contributed by atoms with Crippen LogP contribution < -0.4 is 15.0 Å². The van der Waals surface area contributed by atoms with E-state index in [4.69, 9.17) is 10.5 Å². The molecule has 0 radical (unpaired) electrons. The van der Waals surface area contributed by atoms with Gasteiger partial charge in [0.05, 0.1) is 12.5 Å². The first-order valence-corrected chi connectivity index (χ1v) is 9.34. The smallest absolute Gasteiger partial charge is 0.306 e. The van der Waals surface area contributed by atoms with Gasteiger partial charge in [-0.3, -0.25) is 0 Å². The molecule has 3 N–H and O–H groups in total. The van der Waals surface area contributed by atoms with Crippen molar-refractivity contribution in [1.29, 1.82) is 0 Å². The predicted octanol–water partition coefficient (Wildman–Crippen LogP) is 2.81. The normalized spacial score (nSPS) is 15.1. The van der Waals surface area contributed by atoms with Crippen molar-refractivity contribution in [2.24, 2.45) is 0 Å². The van der Waals surface area contributed by atoms with E-state index >= 15 is 0 Å². The maximum atomic E-state index is 9.92. The summed E-state index contributed by atoms with van der Waals surface area (Å²) < 4.78 is 7.99. The molecule has 0 spiro atoms. The summed E-state index contributed by atoms with van der Waals surface area (Å²) in [6.45, 7) is 3.66. The van der Waals surface area contributed by atoms with Crippen LogP contribution in [-0.2, 0) is 6.54 Å². The highest BCUT2D eigenvalue weighted by Gasteiger charge is 2.36. The van der Waals surface area contributed by atoms with Gasteiger partial charge in [0.25, 0.3) is 0 Å². The molecule has 2 heterocycles. The van der Waals surface area contributed by atoms with E-state index in [0.717, 1.165) is 29.8 Å². The van der Waals surface area contributed by atoms with Crippen LogP contribution >= 0.6 is 0 Å². The standard InChI is InChI=1S/C22H24N4O2/c1-14-4-6-15(7-5-14)19-17-9-8-16(27)12-18(17)28-22-20(19)21(23)26(13-24-22)11-10-25(2)3/h4-9,12-13,19,23,27H,10-11H2,1-3H3/p+1/t19-/m1/s1. The lowest BCUT2D eigenvalue weighted by Gasteiger charge is -2.27. The van der Waals surface area contributed by atoms with Crippen LogP contribution in [0.15, 0.2) is 48.8 Å². The van der Waals surface area contributed by atoms with Crippen LogP contribution in [0.1, 0.15) is 28.2 Å². The van der Waals surface area contributed by atoms with Crippen molar-refractivity contribution in [3.8, 4) is 17.4 Å². The Hall–Kier alpha value is -3.12. The lowest BCUT2D eigenvalue weighted by molar-refractivity contribution is -0.685. The Kier molecular flexibility index (Phi) is 4.65. The molecule has 0 aliphatic carbocycles. The molecular formula is C22H25N4O2+. The molecule has 0 bridgehead atoms. The van der Waals surface area contributed by atoms with Gasteiger partial charge in [-0.25, -0.2) is 4.57 Å². The van der Waals surface area contributed by atoms with Crippen LogP contribution in [-0.4, -0.2) is 35.6 Å². The number of nitrogen functional groups attached to an aromatic ring is 1.